The van der Waals surface area contributed by atoms with Crippen LogP contribution in [0, 0.1) is 24.7 Å². The van der Waals surface area contributed by atoms with Gasteiger partial charge in [-0.15, -0.1) is 0 Å². The summed E-state index contributed by atoms with van der Waals surface area (Å²) in [6.45, 7) is 11.1. The average molecular weight is 431 g/mol. The second-order valence-electron chi connectivity index (χ2n) is 8.69. The molecule has 0 saturated carbocycles. The van der Waals surface area contributed by atoms with Crippen LogP contribution < -0.4 is 11.2 Å². The number of alkyl halides is 2. The topological polar surface area (TPSA) is 70.3 Å². The second-order valence-corrected chi connectivity index (χ2v) is 8.69. The zero-order valence-corrected chi connectivity index (χ0v) is 19.0. The first kappa shape index (κ1) is 26.0. The number of rotatable bonds is 12. The lowest BCUT2D eigenvalue weighted by Gasteiger charge is -2.22. The van der Waals surface area contributed by atoms with Crippen molar-refractivity contribution in [2.45, 2.75) is 86.2 Å². The molecule has 0 aliphatic rings. The Morgan fingerprint density at radius 3 is 2.33 bits per heavy atom. The molecule has 1 rings (SSSR count). The monoisotopic (exact) mass is 430 g/mol. The number of carbonyl (C=O) groups excluding carboxylic acids is 1. The number of carbonyl (C=O) groups is 1. The second kappa shape index (κ2) is 11.4. The van der Waals surface area contributed by atoms with E-state index in [9.17, 15) is 23.2 Å². The Balaban J connectivity index is 2.58. The van der Waals surface area contributed by atoms with Gasteiger partial charge >= 0.3 is 11.7 Å². The van der Waals surface area contributed by atoms with E-state index in [0.717, 1.165) is 9.13 Å². The van der Waals surface area contributed by atoms with Gasteiger partial charge in [0, 0.05) is 37.7 Å². The van der Waals surface area contributed by atoms with Gasteiger partial charge in [0.05, 0.1) is 12.5 Å². The Morgan fingerprint density at radius 2 is 1.80 bits per heavy atom. The molecule has 0 bridgehead atoms. The van der Waals surface area contributed by atoms with Gasteiger partial charge < -0.3 is 4.74 Å². The quantitative estimate of drug-likeness (QED) is 0.371. The van der Waals surface area contributed by atoms with E-state index in [-0.39, 0.29) is 43.9 Å². The van der Waals surface area contributed by atoms with Crippen molar-refractivity contribution in [2.75, 3.05) is 6.61 Å². The first-order valence-electron chi connectivity index (χ1n) is 10.7. The highest BCUT2D eigenvalue weighted by Crippen LogP contribution is 2.26. The zero-order chi connectivity index (χ0) is 23.1. The minimum Gasteiger partial charge on any atom is -0.465 e. The van der Waals surface area contributed by atoms with Crippen LogP contribution in [0.15, 0.2) is 15.8 Å². The molecule has 6 nitrogen and oxygen atoms in total. The van der Waals surface area contributed by atoms with E-state index in [2.05, 4.69) is 0 Å². The molecular weight excluding hydrogens is 394 g/mol. The lowest BCUT2D eigenvalue weighted by atomic mass is 9.88. The van der Waals surface area contributed by atoms with Crippen LogP contribution in [0.3, 0.4) is 0 Å². The van der Waals surface area contributed by atoms with Gasteiger partial charge in [0.25, 0.3) is 5.56 Å². The maximum atomic E-state index is 14.3. The third-order valence-electron chi connectivity index (χ3n) is 5.21. The van der Waals surface area contributed by atoms with Crippen LogP contribution in [-0.4, -0.2) is 27.6 Å². The van der Waals surface area contributed by atoms with E-state index in [1.165, 1.54) is 6.20 Å². The van der Waals surface area contributed by atoms with E-state index >= 15 is 0 Å². The van der Waals surface area contributed by atoms with Crippen molar-refractivity contribution in [3.63, 3.8) is 0 Å². The molecule has 0 saturated heterocycles. The summed E-state index contributed by atoms with van der Waals surface area (Å²) in [5, 5.41) is 0. The van der Waals surface area contributed by atoms with Crippen molar-refractivity contribution in [3.8, 4) is 0 Å². The number of hydrogen-bond donors (Lipinski definition) is 0. The van der Waals surface area contributed by atoms with Gasteiger partial charge in [-0.25, -0.2) is 13.6 Å². The summed E-state index contributed by atoms with van der Waals surface area (Å²) in [7, 11) is 0. The number of aromatic nitrogens is 2. The molecule has 0 aromatic carbocycles. The Kier molecular flexibility index (Phi) is 9.91. The maximum Gasteiger partial charge on any atom is 0.330 e. The standard InChI is InChI=1S/C22H36F2N2O4/c1-7-26-19(27)17(6)14-25(21(26)29)11-10-22(23,24)9-8-12-30-20(28)18(16(4)5)13-15(2)3/h14-16,18H,7-13H2,1-6H3. The Hall–Kier alpha value is -1.99. The zero-order valence-electron chi connectivity index (χ0n) is 19.0. The van der Waals surface area contributed by atoms with Gasteiger partial charge in [-0.05, 0) is 38.5 Å². The van der Waals surface area contributed by atoms with Crippen molar-refractivity contribution in [3.05, 3.63) is 32.6 Å². The fraction of sp³-hybridized carbons (Fsp3) is 0.773. The molecule has 172 valence electrons. The minimum absolute atomic E-state index is 0.0461. The van der Waals surface area contributed by atoms with Crippen molar-refractivity contribution in [1.82, 2.24) is 9.13 Å². The fourth-order valence-electron chi connectivity index (χ4n) is 3.41. The first-order chi connectivity index (χ1) is 13.9. The molecule has 1 aromatic heterocycles. The summed E-state index contributed by atoms with van der Waals surface area (Å²) in [5.41, 5.74) is -0.639. The number of nitrogens with zero attached hydrogens (tertiary/aromatic N) is 2. The molecule has 0 radical (unpaired) electrons. The van der Waals surface area contributed by atoms with Gasteiger partial charge in [-0.1, -0.05) is 27.7 Å². The Morgan fingerprint density at radius 1 is 1.17 bits per heavy atom. The molecule has 1 aromatic rings. The predicted molar refractivity (Wildman–Crippen MR) is 113 cm³/mol. The van der Waals surface area contributed by atoms with Crippen molar-refractivity contribution < 1.29 is 18.3 Å². The third-order valence-corrected chi connectivity index (χ3v) is 5.21. The Bertz CT molecular complexity index is 812. The molecule has 0 aliphatic heterocycles. The van der Waals surface area contributed by atoms with Gasteiger partial charge in [-0.3, -0.25) is 18.7 Å². The third kappa shape index (κ3) is 7.69. The molecule has 30 heavy (non-hydrogen) atoms. The fourth-order valence-corrected chi connectivity index (χ4v) is 3.41. The molecule has 8 heteroatoms. The lowest BCUT2D eigenvalue weighted by molar-refractivity contribution is -0.151. The van der Waals surface area contributed by atoms with Crippen LogP contribution in [0.25, 0.3) is 0 Å². The highest BCUT2D eigenvalue weighted by Gasteiger charge is 2.29. The minimum atomic E-state index is -3.00. The van der Waals surface area contributed by atoms with Crippen molar-refractivity contribution in [1.29, 1.82) is 0 Å². The van der Waals surface area contributed by atoms with Gasteiger partial charge in [0.2, 0.25) is 5.92 Å². The molecule has 1 atom stereocenters. The number of aryl methyl sites for hydroxylation is 2. The average Bonchev–Trinajstić information content (AvgIpc) is 2.65. The highest BCUT2D eigenvalue weighted by atomic mass is 19.3. The molecule has 0 N–H and O–H groups in total. The van der Waals surface area contributed by atoms with Crippen LogP contribution in [-0.2, 0) is 22.6 Å². The van der Waals surface area contributed by atoms with Gasteiger partial charge in [0.1, 0.15) is 0 Å². The van der Waals surface area contributed by atoms with Crippen LogP contribution in [0.2, 0.25) is 0 Å². The number of hydrogen-bond acceptors (Lipinski definition) is 4. The summed E-state index contributed by atoms with van der Waals surface area (Å²) >= 11 is 0. The number of esters is 1. The molecular formula is C22H36F2N2O4. The molecule has 1 heterocycles. The highest BCUT2D eigenvalue weighted by molar-refractivity contribution is 5.72. The molecule has 0 aliphatic carbocycles. The van der Waals surface area contributed by atoms with Crippen molar-refractivity contribution >= 4 is 5.97 Å². The van der Waals surface area contributed by atoms with E-state index in [4.69, 9.17) is 4.74 Å². The summed E-state index contributed by atoms with van der Waals surface area (Å²) < 4.78 is 36.0. The maximum absolute atomic E-state index is 14.3. The molecule has 1 unspecified atom stereocenters. The summed E-state index contributed by atoms with van der Waals surface area (Å²) in [5.74, 6) is -3.07. The summed E-state index contributed by atoms with van der Waals surface area (Å²) in [4.78, 5) is 36.4. The summed E-state index contributed by atoms with van der Waals surface area (Å²) in [6.07, 6.45) is 1.13. The van der Waals surface area contributed by atoms with Crippen LogP contribution >= 0.6 is 0 Å². The first-order valence-corrected chi connectivity index (χ1v) is 10.7. The number of halogens is 2. The van der Waals surface area contributed by atoms with E-state index in [1.807, 2.05) is 27.7 Å². The molecule has 0 amide bonds. The largest absolute Gasteiger partial charge is 0.465 e. The Labute approximate surface area is 177 Å². The molecule has 0 fully saturated rings. The van der Waals surface area contributed by atoms with E-state index in [1.54, 1.807) is 13.8 Å². The SMILES string of the molecule is CCn1c(=O)c(C)cn(CCC(F)(F)CCCOC(=O)C(CC(C)C)C(C)C)c1=O. The normalized spacial score (nSPS) is 13.1. The number of ether oxygens (including phenoxy) is 1. The van der Waals surface area contributed by atoms with Crippen LogP contribution in [0.1, 0.15) is 65.9 Å². The van der Waals surface area contributed by atoms with E-state index < -0.39 is 30.0 Å². The van der Waals surface area contributed by atoms with Gasteiger partial charge in [0.15, 0.2) is 0 Å². The van der Waals surface area contributed by atoms with Crippen LogP contribution in [0.4, 0.5) is 8.78 Å². The lowest BCUT2D eigenvalue weighted by Crippen LogP contribution is -2.40. The summed E-state index contributed by atoms with van der Waals surface area (Å²) in [6, 6.07) is 0. The predicted octanol–water partition coefficient (Wildman–Crippen LogP) is 4.01. The van der Waals surface area contributed by atoms with E-state index in [0.29, 0.717) is 17.9 Å². The van der Waals surface area contributed by atoms with Crippen molar-refractivity contribution in [2.24, 2.45) is 17.8 Å². The van der Waals surface area contributed by atoms with Crippen LogP contribution in [0.5, 0.6) is 0 Å². The molecule has 0 spiro atoms. The smallest absolute Gasteiger partial charge is 0.330 e. The van der Waals surface area contributed by atoms with Gasteiger partial charge in [-0.2, -0.15) is 0 Å².